The second-order valence-electron chi connectivity index (χ2n) is 4.86. The Morgan fingerprint density at radius 3 is 1.83 bits per heavy atom. The molecule has 0 rings (SSSR count). The second-order valence-corrected chi connectivity index (χ2v) is 10.2. The van der Waals surface area contributed by atoms with Gasteiger partial charge in [-0.2, -0.15) is 0 Å². The molecule has 0 aliphatic heterocycles. The van der Waals surface area contributed by atoms with E-state index in [0.717, 1.165) is 56.8 Å². The first-order valence-electron chi connectivity index (χ1n) is 7.63. The number of hydrogen-bond donors (Lipinski definition) is 0. The molecule has 0 N–H and O–H groups in total. The maximum atomic E-state index is 13.0. The molecule has 1 unspecified atom stereocenters. The van der Waals surface area contributed by atoms with Crippen molar-refractivity contribution < 1.29 is 7.47 Å². The molecule has 0 aromatic rings. The van der Waals surface area contributed by atoms with Crippen LogP contribution in [-0.2, 0) is 7.47 Å². The summed E-state index contributed by atoms with van der Waals surface area (Å²) in [6.45, 7) is 11.1. The number of unbranched alkanes of at least 4 members (excludes halogenated alkanes) is 2. The van der Waals surface area contributed by atoms with E-state index in [-0.39, 0.29) is 0 Å². The summed E-state index contributed by atoms with van der Waals surface area (Å²) in [6, 6.07) is 0. The summed E-state index contributed by atoms with van der Waals surface area (Å²) in [5.74, 6) is 0. The van der Waals surface area contributed by atoms with E-state index < -0.39 is 14.1 Å². The molecule has 0 bridgehead atoms. The fourth-order valence-electron chi connectivity index (χ4n) is 1.90. The van der Waals surface area contributed by atoms with Crippen molar-refractivity contribution in [2.24, 2.45) is 0 Å². The Bertz CT molecular complexity index is 226. The molecule has 0 saturated heterocycles. The summed E-state index contributed by atoms with van der Waals surface area (Å²) in [6.07, 6.45) is 6.44. The summed E-state index contributed by atoms with van der Waals surface area (Å²) >= 11 is -3.27. The Labute approximate surface area is 117 Å². The van der Waals surface area contributed by atoms with Crippen LogP contribution < -0.4 is 0 Å². The molecular formula is C14H32AsNO2. The van der Waals surface area contributed by atoms with Gasteiger partial charge in [0.2, 0.25) is 0 Å². The van der Waals surface area contributed by atoms with Crippen molar-refractivity contribution in [1.29, 1.82) is 0 Å². The molecule has 0 fully saturated rings. The van der Waals surface area contributed by atoms with E-state index in [9.17, 15) is 3.74 Å². The van der Waals surface area contributed by atoms with Gasteiger partial charge in [0, 0.05) is 0 Å². The standard InChI is InChI=1S/C14H32AsNO2/c1-5-9-12-16(13-10-6-2)15(17,11-7-3)18-14-8-4/h5-14H2,1-4H3. The first kappa shape index (κ1) is 18.3. The van der Waals surface area contributed by atoms with E-state index in [1.54, 1.807) is 0 Å². The molecule has 3 nitrogen and oxygen atoms in total. The Morgan fingerprint density at radius 1 is 0.889 bits per heavy atom. The number of nitrogens with zero attached hydrogens (tertiary/aromatic N) is 1. The van der Waals surface area contributed by atoms with Crippen molar-refractivity contribution in [3.63, 3.8) is 0 Å². The average molecular weight is 321 g/mol. The van der Waals surface area contributed by atoms with Crippen molar-refractivity contribution in [2.75, 3.05) is 19.7 Å². The zero-order valence-electron chi connectivity index (χ0n) is 12.8. The van der Waals surface area contributed by atoms with Gasteiger partial charge < -0.3 is 0 Å². The predicted molar refractivity (Wildman–Crippen MR) is 79.2 cm³/mol. The molecule has 0 aliphatic rings. The molecule has 0 spiro atoms. The minimum absolute atomic E-state index is 0.644. The van der Waals surface area contributed by atoms with Crippen LogP contribution in [0.2, 0.25) is 5.21 Å². The molecule has 0 heterocycles. The topological polar surface area (TPSA) is 29.5 Å². The molecule has 4 heteroatoms. The summed E-state index contributed by atoms with van der Waals surface area (Å²) in [5.41, 5.74) is 0. The Hall–Kier alpha value is 0.278. The first-order chi connectivity index (χ1) is 8.64. The van der Waals surface area contributed by atoms with Gasteiger partial charge in [0.15, 0.2) is 0 Å². The van der Waals surface area contributed by atoms with Crippen LogP contribution in [0.5, 0.6) is 0 Å². The van der Waals surface area contributed by atoms with Crippen LogP contribution in [0.15, 0.2) is 0 Å². The van der Waals surface area contributed by atoms with Crippen molar-refractivity contribution in [1.82, 2.24) is 3.82 Å². The fraction of sp³-hybridized carbons (Fsp3) is 1.00. The van der Waals surface area contributed by atoms with E-state index in [1.165, 1.54) is 0 Å². The van der Waals surface area contributed by atoms with Gasteiger partial charge in [-0.05, 0) is 0 Å². The van der Waals surface area contributed by atoms with E-state index in [4.69, 9.17) is 3.73 Å². The monoisotopic (exact) mass is 321 g/mol. The molecule has 0 aromatic carbocycles. The van der Waals surface area contributed by atoms with E-state index in [2.05, 4.69) is 31.5 Å². The summed E-state index contributed by atoms with van der Waals surface area (Å²) < 4.78 is 21.1. The fourth-order valence-corrected chi connectivity index (χ4v) is 7.15. The Balaban J connectivity index is 4.64. The van der Waals surface area contributed by atoms with Gasteiger partial charge in [-0.1, -0.05) is 0 Å². The van der Waals surface area contributed by atoms with Crippen molar-refractivity contribution in [3.8, 4) is 0 Å². The summed E-state index contributed by atoms with van der Waals surface area (Å²) in [7, 11) is 0. The normalized spacial score (nSPS) is 14.9. The predicted octanol–water partition coefficient (Wildman–Crippen LogP) is 4.09. The van der Waals surface area contributed by atoms with Gasteiger partial charge in [-0.3, -0.25) is 0 Å². The minimum atomic E-state index is -3.27. The Kier molecular flexibility index (Phi) is 11.3. The van der Waals surface area contributed by atoms with E-state index in [0.29, 0.717) is 6.61 Å². The van der Waals surface area contributed by atoms with Gasteiger partial charge in [0.25, 0.3) is 0 Å². The van der Waals surface area contributed by atoms with Crippen LogP contribution in [0.25, 0.3) is 0 Å². The van der Waals surface area contributed by atoms with E-state index >= 15 is 0 Å². The van der Waals surface area contributed by atoms with Crippen LogP contribution in [-0.4, -0.2) is 37.6 Å². The molecule has 1 atom stereocenters. The molecule has 0 saturated carbocycles. The van der Waals surface area contributed by atoms with Gasteiger partial charge in [-0.25, -0.2) is 0 Å². The van der Waals surface area contributed by atoms with Gasteiger partial charge in [-0.15, -0.1) is 0 Å². The van der Waals surface area contributed by atoms with Crippen LogP contribution in [0.1, 0.15) is 66.2 Å². The van der Waals surface area contributed by atoms with Crippen LogP contribution in [0.3, 0.4) is 0 Å². The van der Waals surface area contributed by atoms with E-state index in [1.807, 2.05) is 0 Å². The van der Waals surface area contributed by atoms with Gasteiger partial charge in [0.05, 0.1) is 0 Å². The molecule has 18 heavy (non-hydrogen) atoms. The molecule has 0 radical (unpaired) electrons. The first-order valence-corrected chi connectivity index (χ1v) is 11.3. The molecule has 0 aliphatic carbocycles. The molecule has 110 valence electrons. The number of hydrogen-bond acceptors (Lipinski definition) is 2. The van der Waals surface area contributed by atoms with Crippen molar-refractivity contribution in [2.45, 2.75) is 71.4 Å². The van der Waals surface area contributed by atoms with Gasteiger partial charge in [0.1, 0.15) is 0 Å². The zero-order valence-corrected chi connectivity index (χ0v) is 14.7. The SMILES string of the molecule is CCCCN(CCCC)[As](=O)(CCC)OCCC. The van der Waals surface area contributed by atoms with Crippen LogP contribution in [0, 0.1) is 0 Å². The molecular weight excluding hydrogens is 289 g/mol. The second kappa shape index (κ2) is 11.1. The van der Waals surface area contributed by atoms with Crippen LogP contribution in [0.4, 0.5) is 0 Å². The third-order valence-electron chi connectivity index (χ3n) is 2.97. The summed E-state index contributed by atoms with van der Waals surface area (Å²) in [5, 5.41) is 0.756. The number of rotatable bonds is 12. The Morgan fingerprint density at radius 2 is 1.44 bits per heavy atom. The van der Waals surface area contributed by atoms with Gasteiger partial charge >= 0.3 is 116 Å². The zero-order chi connectivity index (χ0) is 13.9. The third kappa shape index (κ3) is 7.01. The van der Waals surface area contributed by atoms with Crippen molar-refractivity contribution in [3.05, 3.63) is 0 Å². The maximum absolute atomic E-state index is 13.0. The third-order valence-corrected chi connectivity index (χ3v) is 8.97. The molecule has 0 amide bonds. The van der Waals surface area contributed by atoms with Crippen LogP contribution >= 0.6 is 0 Å². The molecule has 0 aromatic heterocycles. The van der Waals surface area contributed by atoms with Crippen molar-refractivity contribution >= 4 is 14.1 Å². The quantitative estimate of drug-likeness (QED) is 0.507. The summed E-state index contributed by atoms with van der Waals surface area (Å²) in [4.78, 5) is 0. The average Bonchev–Trinajstić information content (AvgIpc) is 2.37.